The van der Waals surface area contributed by atoms with Gasteiger partial charge in [-0.05, 0) is 25.5 Å². The van der Waals surface area contributed by atoms with Crippen LogP contribution in [0.25, 0.3) is 11.0 Å². The molecular formula is C16H22N2O3. The predicted molar refractivity (Wildman–Crippen MR) is 81.4 cm³/mol. The molecule has 0 aliphatic rings. The number of aromatic nitrogens is 2. The van der Waals surface area contributed by atoms with E-state index < -0.39 is 12.1 Å². The molecule has 21 heavy (non-hydrogen) atoms. The van der Waals surface area contributed by atoms with Crippen LogP contribution in [0.1, 0.15) is 32.5 Å². The minimum Gasteiger partial charge on any atom is -0.479 e. The molecule has 0 saturated heterocycles. The quantitative estimate of drug-likeness (QED) is 0.812. The number of benzene rings is 1. The van der Waals surface area contributed by atoms with Gasteiger partial charge < -0.3 is 14.4 Å². The zero-order valence-electron chi connectivity index (χ0n) is 12.6. The standard InChI is InChI=1S/C16H22N2O3/c1-3-7-15-17-12-8-5-6-9-13(12)18(15)11-10-14(16(19)20)21-4-2/h5-6,8-9,14H,3-4,7,10-11H2,1-2H3,(H,19,20). The maximum absolute atomic E-state index is 11.2. The number of carboxylic acid groups (broad SMARTS) is 1. The van der Waals surface area contributed by atoms with Crippen LogP contribution in [0, 0.1) is 0 Å². The molecule has 1 N–H and O–H groups in total. The number of para-hydroxylation sites is 2. The first-order valence-corrected chi connectivity index (χ1v) is 7.45. The Morgan fingerprint density at radius 2 is 2.14 bits per heavy atom. The Labute approximate surface area is 124 Å². The fourth-order valence-electron chi connectivity index (χ4n) is 2.51. The highest BCUT2D eigenvalue weighted by Crippen LogP contribution is 2.18. The second kappa shape index (κ2) is 7.22. The maximum Gasteiger partial charge on any atom is 0.332 e. The van der Waals surface area contributed by atoms with Crippen molar-refractivity contribution in [3.63, 3.8) is 0 Å². The minimum absolute atomic E-state index is 0.406. The van der Waals surface area contributed by atoms with Crippen LogP contribution in [0.4, 0.5) is 0 Å². The lowest BCUT2D eigenvalue weighted by atomic mass is 10.2. The third-order valence-electron chi connectivity index (χ3n) is 3.47. The largest absolute Gasteiger partial charge is 0.479 e. The Kier molecular flexibility index (Phi) is 5.33. The lowest BCUT2D eigenvalue weighted by Gasteiger charge is -2.14. The van der Waals surface area contributed by atoms with Crippen molar-refractivity contribution in [3.8, 4) is 0 Å². The summed E-state index contributed by atoms with van der Waals surface area (Å²) in [4.78, 5) is 15.8. The summed E-state index contributed by atoms with van der Waals surface area (Å²) in [5, 5.41) is 9.17. The SMILES string of the molecule is CCCc1nc2ccccc2n1CCC(OCC)C(=O)O. The van der Waals surface area contributed by atoms with Crippen LogP contribution >= 0.6 is 0 Å². The number of imidazole rings is 1. The monoisotopic (exact) mass is 290 g/mol. The topological polar surface area (TPSA) is 64.4 Å². The highest BCUT2D eigenvalue weighted by atomic mass is 16.5. The van der Waals surface area contributed by atoms with Gasteiger partial charge in [0.1, 0.15) is 5.82 Å². The highest BCUT2D eigenvalue weighted by molar-refractivity contribution is 5.76. The van der Waals surface area contributed by atoms with Gasteiger partial charge in [-0.1, -0.05) is 19.1 Å². The van der Waals surface area contributed by atoms with Gasteiger partial charge in [0, 0.05) is 26.0 Å². The first kappa shape index (κ1) is 15.5. The van der Waals surface area contributed by atoms with Gasteiger partial charge in [0.25, 0.3) is 0 Å². The van der Waals surface area contributed by atoms with Gasteiger partial charge in [0.2, 0.25) is 0 Å². The van der Waals surface area contributed by atoms with Crippen LogP contribution in [0.3, 0.4) is 0 Å². The first-order chi connectivity index (χ1) is 10.2. The van der Waals surface area contributed by atoms with Crippen molar-refractivity contribution >= 4 is 17.0 Å². The van der Waals surface area contributed by atoms with Crippen molar-refractivity contribution in [2.24, 2.45) is 0 Å². The lowest BCUT2D eigenvalue weighted by Crippen LogP contribution is -2.25. The van der Waals surface area contributed by atoms with E-state index in [1.165, 1.54) is 0 Å². The normalized spacial score (nSPS) is 12.7. The predicted octanol–water partition coefficient (Wildman–Crippen LogP) is 2.87. The summed E-state index contributed by atoms with van der Waals surface area (Å²) in [6.07, 6.45) is 1.59. The maximum atomic E-state index is 11.2. The molecular weight excluding hydrogens is 268 g/mol. The van der Waals surface area contributed by atoms with E-state index in [0.29, 0.717) is 19.6 Å². The highest BCUT2D eigenvalue weighted by Gasteiger charge is 2.18. The van der Waals surface area contributed by atoms with E-state index in [1.54, 1.807) is 0 Å². The Balaban J connectivity index is 2.23. The number of aryl methyl sites for hydroxylation is 2. The average molecular weight is 290 g/mol. The molecule has 0 aliphatic carbocycles. The number of carbonyl (C=O) groups is 1. The van der Waals surface area contributed by atoms with Gasteiger partial charge in [-0.25, -0.2) is 9.78 Å². The Morgan fingerprint density at radius 1 is 1.38 bits per heavy atom. The molecule has 0 spiro atoms. The van der Waals surface area contributed by atoms with E-state index >= 15 is 0 Å². The molecule has 2 rings (SSSR count). The molecule has 0 fully saturated rings. The Morgan fingerprint density at radius 3 is 2.81 bits per heavy atom. The molecule has 114 valence electrons. The number of carboxylic acids is 1. The molecule has 1 unspecified atom stereocenters. The van der Waals surface area contributed by atoms with Gasteiger partial charge >= 0.3 is 5.97 Å². The van der Waals surface area contributed by atoms with Crippen LogP contribution in [0.5, 0.6) is 0 Å². The third-order valence-corrected chi connectivity index (χ3v) is 3.47. The fourth-order valence-corrected chi connectivity index (χ4v) is 2.51. The number of aliphatic carboxylic acids is 1. The van der Waals surface area contributed by atoms with Crippen LogP contribution in [0.2, 0.25) is 0 Å². The van der Waals surface area contributed by atoms with Crippen molar-refractivity contribution in [2.75, 3.05) is 6.61 Å². The summed E-state index contributed by atoms with van der Waals surface area (Å²) in [5.41, 5.74) is 2.02. The third kappa shape index (κ3) is 3.61. The summed E-state index contributed by atoms with van der Waals surface area (Å²) in [5.74, 6) is 0.109. The smallest absolute Gasteiger partial charge is 0.332 e. The molecule has 5 nitrogen and oxygen atoms in total. The molecule has 0 saturated carbocycles. The van der Waals surface area contributed by atoms with E-state index in [-0.39, 0.29) is 0 Å². The number of hydrogen-bond acceptors (Lipinski definition) is 3. The van der Waals surface area contributed by atoms with Crippen molar-refractivity contribution in [2.45, 2.75) is 45.8 Å². The molecule has 1 aromatic heterocycles. The van der Waals surface area contributed by atoms with E-state index in [9.17, 15) is 4.79 Å². The summed E-state index contributed by atoms with van der Waals surface area (Å²) >= 11 is 0. The fraction of sp³-hybridized carbons (Fsp3) is 0.500. The first-order valence-electron chi connectivity index (χ1n) is 7.45. The van der Waals surface area contributed by atoms with Gasteiger partial charge in [-0.3, -0.25) is 0 Å². The molecule has 0 bridgehead atoms. The molecule has 0 amide bonds. The van der Waals surface area contributed by atoms with E-state index in [0.717, 1.165) is 29.7 Å². The van der Waals surface area contributed by atoms with Gasteiger partial charge in [-0.2, -0.15) is 0 Å². The van der Waals surface area contributed by atoms with Crippen LogP contribution < -0.4 is 0 Å². The van der Waals surface area contributed by atoms with Gasteiger partial charge in [-0.15, -0.1) is 0 Å². The number of rotatable bonds is 8. The van der Waals surface area contributed by atoms with Crippen molar-refractivity contribution in [3.05, 3.63) is 30.1 Å². The van der Waals surface area contributed by atoms with Crippen LogP contribution in [-0.2, 0) is 22.5 Å². The van der Waals surface area contributed by atoms with Crippen molar-refractivity contribution in [1.29, 1.82) is 0 Å². The Hall–Kier alpha value is -1.88. The molecule has 1 atom stereocenters. The van der Waals surface area contributed by atoms with Crippen LogP contribution in [-0.4, -0.2) is 33.3 Å². The summed E-state index contributed by atoms with van der Waals surface area (Å²) < 4.78 is 7.40. The summed E-state index contributed by atoms with van der Waals surface area (Å²) in [6, 6.07) is 7.96. The molecule has 1 aromatic carbocycles. The number of fused-ring (bicyclic) bond motifs is 1. The second-order valence-electron chi connectivity index (χ2n) is 4.99. The molecule has 1 heterocycles. The van der Waals surface area contributed by atoms with Gasteiger partial charge in [0.05, 0.1) is 11.0 Å². The summed E-state index contributed by atoms with van der Waals surface area (Å²) in [6.45, 7) is 4.94. The van der Waals surface area contributed by atoms with Crippen molar-refractivity contribution in [1.82, 2.24) is 9.55 Å². The average Bonchev–Trinajstić information content (AvgIpc) is 2.81. The zero-order valence-corrected chi connectivity index (χ0v) is 12.6. The number of nitrogens with zero attached hydrogens (tertiary/aromatic N) is 2. The van der Waals surface area contributed by atoms with Crippen molar-refractivity contribution < 1.29 is 14.6 Å². The van der Waals surface area contributed by atoms with E-state index in [4.69, 9.17) is 9.84 Å². The van der Waals surface area contributed by atoms with E-state index in [1.807, 2.05) is 31.2 Å². The minimum atomic E-state index is -0.904. The summed E-state index contributed by atoms with van der Waals surface area (Å²) in [7, 11) is 0. The number of hydrogen-bond donors (Lipinski definition) is 1. The Bertz CT molecular complexity index is 607. The van der Waals surface area contributed by atoms with E-state index in [2.05, 4.69) is 16.5 Å². The molecule has 0 radical (unpaired) electrons. The zero-order chi connectivity index (χ0) is 15.2. The molecule has 2 aromatic rings. The molecule has 0 aliphatic heterocycles. The lowest BCUT2D eigenvalue weighted by molar-refractivity contribution is -0.150. The molecule has 5 heteroatoms. The van der Waals surface area contributed by atoms with Gasteiger partial charge in [0.15, 0.2) is 6.10 Å². The number of ether oxygens (including phenoxy) is 1. The second-order valence-corrected chi connectivity index (χ2v) is 4.99. The van der Waals surface area contributed by atoms with Crippen LogP contribution in [0.15, 0.2) is 24.3 Å².